The molecule has 2 fully saturated rings. The maximum absolute atomic E-state index is 12.3. The minimum Gasteiger partial charge on any atom is -0.372 e. The molecule has 0 radical (unpaired) electrons. The number of nitrogens with one attached hydrogen (secondary N) is 1. The molecule has 1 aromatic carbocycles. The summed E-state index contributed by atoms with van der Waals surface area (Å²) in [5, 5.41) is 3.07. The van der Waals surface area contributed by atoms with Crippen molar-refractivity contribution in [1.82, 2.24) is 4.90 Å². The number of hydrogen-bond acceptors (Lipinski definition) is 3. The quantitative estimate of drug-likeness (QED) is 0.928. The van der Waals surface area contributed by atoms with E-state index in [0.29, 0.717) is 0 Å². The smallest absolute Gasteiger partial charge is 0.227 e. The highest BCUT2D eigenvalue weighted by atomic mass is 16.1. The molecule has 2 heterocycles. The number of likely N-dealkylation sites (tertiary alicyclic amines) is 1. The summed E-state index contributed by atoms with van der Waals surface area (Å²) in [5.41, 5.74) is 2.19. The van der Waals surface area contributed by atoms with E-state index in [1.165, 1.54) is 18.5 Å². The fraction of sp³-hybridized carbons (Fsp3) is 0.588. The number of carbonyl (C=O) groups excluding carboxylic acids is 1. The summed E-state index contributed by atoms with van der Waals surface area (Å²) in [7, 11) is 2.12. The Kier molecular flexibility index (Phi) is 4.44. The highest BCUT2D eigenvalue weighted by Gasteiger charge is 2.23. The van der Waals surface area contributed by atoms with Gasteiger partial charge >= 0.3 is 0 Å². The van der Waals surface area contributed by atoms with Crippen molar-refractivity contribution in [3.8, 4) is 0 Å². The largest absolute Gasteiger partial charge is 0.372 e. The van der Waals surface area contributed by atoms with Crippen LogP contribution in [0.2, 0.25) is 0 Å². The van der Waals surface area contributed by atoms with Crippen LogP contribution >= 0.6 is 0 Å². The van der Waals surface area contributed by atoms with Crippen LogP contribution < -0.4 is 10.2 Å². The number of rotatable bonds is 3. The van der Waals surface area contributed by atoms with E-state index in [2.05, 4.69) is 34.3 Å². The molecule has 4 heteroatoms. The maximum Gasteiger partial charge on any atom is 0.227 e. The lowest BCUT2D eigenvalue weighted by Crippen LogP contribution is -2.35. The third-order valence-electron chi connectivity index (χ3n) is 4.70. The first kappa shape index (κ1) is 14.4. The van der Waals surface area contributed by atoms with Gasteiger partial charge < -0.3 is 15.1 Å². The number of nitrogens with zero attached hydrogens (tertiary/aromatic N) is 2. The third kappa shape index (κ3) is 3.56. The topological polar surface area (TPSA) is 35.6 Å². The normalized spacial score (nSPS) is 20.7. The molecule has 2 aliphatic heterocycles. The van der Waals surface area contributed by atoms with Gasteiger partial charge in [0.15, 0.2) is 0 Å². The van der Waals surface area contributed by atoms with E-state index in [-0.39, 0.29) is 11.8 Å². The zero-order valence-corrected chi connectivity index (χ0v) is 12.8. The van der Waals surface area contributed by atoms with E-state index in [9.17, 15) is 4.79 Å². The molecule has 0 saturated carbocycles. The van der Waals surface area contributed by atoms with Gasteiger partial charge in [0.25, 0.3) is 0 Å². The van der Waals surface area contributed by atoms with Crippen LogP contribution in [0.1, 0.15) is 25.7 Å². The molecule has 114 valence electrons. The number of carbonyl (C=O) groups is 1. The van der Waals surface area contributed by atoms with Crippen molar-refractivity contribution in [1.29, 1.82) is 0 Å². The van der Waals surface area contributed by atoms with Gasteiger partial charge in [0.2, 0.25) is 5.91 Å². The van der Waals surface area contributed by atoms with Crippen molar-refractivity contribution in [2.45, 2.75) is 25.7 Å². The molecule has 0 spiro atoms. The predicted molar refractivity (Wildman–Crippen MR) is 86.7 cm³/mol. The van der Waals surface area contributed by atoms with E-state index in [1.54, 1.807) is 0 Å². The number of benzene rings is 1. The molecule has 2 aliphatic rings. The van der Waals surface area contributed by atoms with Crippen LogP contribution in [0.5, 0.6) is 0 Å². The Morgan fingerprint density at radius 3 is 2.29 bits per heavy atom. The van der Waals surface area contributed by atoms with Crippen molar-refractivity contribution in [3.63, 3.8) is 0 Å². The van der Waals surface area contributed by atoms with Gasteiger partial charge in [-0.2, -0.15) is 0 Å². The second-order valence-corrected chi connectivity index (χ2v) is 6.31. The molecule has 0 bridgehead atoms. The molecule has 1 N–H and O–H groups in total. The summed E-state index contributed by atoms with van der Waals surface area (Å²) in [6.07, 6.45) is 4.51. The molecule has 3 rings (SSSR count). The molecule has 0 unspecified atom stereocenters. The lowest BCUT2D eigenvalue weighted by molar-refractivity contribution is -0.121. The maximum atomic E-state index is 12.3. The summed E-state index contributed by atoms with van der Waals surface area (Å²) in [5.74, 6) is 0.344. The van der Waals surface area contributed by atoms with E-state index in [0.717, 1.165) is 44.7 Å². The van der Waals surface area contributed by atoms with E-state index >= 15 is 0 Å². The van der Waals surface area contributed by atoms with Crippen LogP contribution in [0.3, 0.4) is 0 Å². The monoisotopic (exact) mass is 287 g/mol. The van der Waals surface area contributed by atoms with Crippen molar-refractivity contribution in [2.24, 2.45) is 5.92 Å². The third-order valence-corrected chi connectivity index (χ3v) is 4.70. The molecule has 0 aromatic heterocycles. The Hall–Kier alpha value is -1.55. The Labute approximate surface area is 127 Å². The molecule has 2 saturated heterocycles. The first-order valence-electron chi connectivity index (χ1n) is 8.07. The standard InChI is InChI=1S/C17H25N3O/c1-19-12-8-14(9-13-19)17(21)18-15-4-6-16(7-5-15)20-10-2-3-11-20/h4-7,14H,2-3,8-13H2,1H3,(H,18,21). The molecule has 0 atom stereocenters. The first-order valence-corrected chi connectivity index (χ1v) is 8.07. The van der Waals surface area contributed by atoms with Gasteiger partial charge in [0, 0.05) is 30.4 Å². The lowest BCUT2D eigenvalue weighted by atomic mass is 9.96. The number of amides is 1. The van der Waals surface area contributed by atoms with Crippen molar-refractivity contribution in [2.75, 3.05) is 43.4 Å². The number of piperidine rings is 1. The Bertz CT molecular complexity index is 471. The number of anilines is 2. The average molecular weight is 287 g/mol. The van der Waals surface area contributed by atoms with Crippen molar-refractivity contribution in [3.05, 3.63) is 24.3 Å². The Morgan fingerprint density at radius 2 is 1.67 bits per heavy atom. The van der Waals surface area contributed by atoms with Crippen LogP contribution in [0.4, 0.5) is 11.4 Å². The zero-order chi connectivity index (χ0) is 14.7. The minimum absolute atomic E-state index is 0.166. The summed E-state index contributed by atoms with van der Waals surface area (Å²) in [6.45, 7) is 4.35. The van der Waals surface area contributed by atoms with Crippen molar-refractivity contribution < 1.29 is 4.79 Å². The highest BCUT2D eigenvalue weighted by Crippen LogP contribution is 2.23. The van der Waals surface area contributed by atoms with Gasteiger partial charge in [-0.15, -0.1) is 0 Å². The Morgan fingerprint density at radius 1 is 1.05 bits per heavy atom. The van der Waals surface area contributed by atoms with E-state index in [1.807, 2.05) is 12.1 Å². The molecule has 1 amide bonds. The van der Waals surface area contributed by atoms with E-state index < -0.39 is 0 Å². The van der Waals surface area contributed by atoms with Gasteiger partial charge in [-0.05, 0) is 70.1 Å². The van der Waals surface area contributed by atoms with Crippen LogP contribution in [0, 0.1) is 5.92 Å². The van der Waals surface area contributed by atoms with Gasteiger partial charge in [0.05, 0.1) is 0 Å². The Balaban J connectivity index is 1.56. The first-order chi connectivity index (χ1) is 10.2. The molecule has 21 heavy (non-hydrogen) atoms. The average Bonchev–Trinajstić information content (AvgIpc) is 3.03. The summed E-state index contributed by atoms with van der Waals surface area (Å²) in [6, 6.07) is 8.30. The van der Waals surface area contributed by atoms with Gasteiger partial charge in [-0.1, -0.05) is 0 Å². The lowest BCUT2D eigenvalue weighted by Gasteiger charge is -2.28. The zero-order valence-electron chi connectivity index (χ0n) is 12.8. The van der Waals surface area contributed by atoms with Crippen LogP contribution in [-0.4, -0.2) is 44.0 Å². The summed E-state index contributed by atoms with van der Waals surface area (Å²) < 4.78 is 0. The second kappa shape index (κ2) is 6.48. The molecule has 0 aliphatic carbocycles. The second-order valence-electron chi connectivity index (χ2n) is 6.31. The minimum atomic E-state index is 0.166. The van der Waals surface area contributed by atoms with Crippen molar-refractivity contribution >= 4 is 17.3 Å². The fourth-order valence-corrected chi connectivity index (χ4v) is 3.25. The van der Waals surface area contributed by atoms with Crippen LogP contribution in [-0.2, 0) is 4.79 Å². The molecular formula is C17H25N3O. The van der Waals surface area contributed by atoms with Gasteiger partial charge in [0.1, 0.15) is 0 Å². The molecular weight excluding hydrogens is 262 g/mol. The SMILES string of the molecule is CN1CCC(C(=O)Nc2ccc(N3CCCC3)cc2)CC1. The number of hydrogen-bond donors (Lipinski definition) is 1. The highest BCUT2D eigenvalue weighted by molar-refractivity contribution is 5.92. The predicted octanol–water partition coefficient (Wildman–Crippen LogP) is 2.57. The van der Waals surface area contributed by atoms with E-state index in [4.69, 9.17) is 0 Å². The molecule has 1 aromatic rings. The van der Waals surface area contributed by atoms with Crippen LogP contribution in [0.25, 0.3) is 0 Å². The van der Waals surface area contributed by atoms with Gasteiger partial charge in [-0.25, -0.2) is 0 Å². The van der Waals surface area contributed by atoms with Gasteiger partial charge in [-0.3, -0.25) is 4.79 Å². The fourth-order valence-electron chi connectivity index (χ4n) is 3.25. The van der Waals surface area contributed by atoms with Crippen LogP contribution in [0.15, 0.2) is 24.3 Å². The molecule has 4 nitrogen and oxygen atoms in total. The summed E-state index contributed by atoms with van der Waals surface area (Å²) >= 11 is 0. The summed E-state index contributed by atoms with van der Waals surface area (Å²) in [4.78, 5) is 17.0.